The molecular weight excluding hydrogens is 451 g/mol. The highest BCUT2D eigenvalue weighted by Crippen LogP contribution is 2.25. The van der Waals surface area contributed by atoms with Crippen molar-refractivity contribution in [1.29, 1.82) is 0 Å². The molecule has 0 bridgehead atoms. The van der Waals surface area contributed by atoms with Crippen molar-refractivity contribution < 1.29 is 31.9 Å². The maximum Gasteiger partial charge on any atom is 0.309 e. The van der Waals surface area contributed by atoms with E-state index in [-0.39, 0.29) is 42.3 Å². The van der Waals surface area contributed by atoms with Gasteiger partial charge in [-0.1, -0.05) is 24.3 Å². The van der Waals surface area contributed by atoms with Gasteiger partial charge in [0.25, 0.3) is 5.91 Å². The van der Waals surface area contributed by atoms with Crippen molar-refractivity contribution in [3.63, 3.8) is 0 Å². The third-order valence-electron chi connectivity index (χ3n) is 5.48. The summed E-state index contributed by atoms with van der Waals surface area (Å²) in [5.74, 6) is -2.58. The van der Waals surface area contributed by atoms with Gasteiger partial charge in [-0.2, -0.15) is 4.31 Å². The average molecular weight is 477 g/mol. The summed E-state index contributed by atoms with van der Waals surface area (Å²) in [7, 11) is -3.76. The van der Waals surface area contributed by atoms with Gasteiger partial charge < -0.3 is 10.1 Å². The molecule has 1 unspecified atom stereocenters. The van der Waals surface area contributed by atoms with Crippen LogP contribution in [0.5, 0.6) is 0 Å². The lowest BCUT2D eigenvalue weighted by molar-refractivity contribution is -0.158. The van der Waals surface area contributed by atoms with Crippen LogP contribution in [-0.4, -0.2) is 49.6 Å². The van der Waals surface area contributed by atoms with Crippen LogP contribution in [-0.2, 0) is 24.3 Å². The maximum atomic E-state index is 13.7. The second kappa shape index (κ2) is 10.2. The first kappa shape index (κ1) is 24.5. The van der Waals surface area contributed by atoms with Crippen molar-refractivity contribution in [3.05, 3.63) is 59.9 Å². The molecule has 176 valence electrons. The fourth-order valence-electron chi connectivity index (χ4n) is 3.46. The zero-order chi connectivity index (χ0) is 24.2. The predicted octanol–water partition coefficient (Wildman–Crippen LogP) is 3.00. The number of halogens is 1. The Hall–Kier alpha value is -3.11. The van der Waals surface area contributed by atoms with Crippen LogP contribution in [0.15, 0.2) is 53.4 Å². The van der Waals surface area contributed by atoms with Crippen molar-refractivity contribution >= 4 is 33.4 Å². The number of rotatable bonds is 7. The summed E-state index contributed by atoms with van der Waals surface area (Å²) in [4.78, 5) is 36.2. The van der Waals surface area contributed by atoms with Crippen LogP contribution in [0.25, 0.3) is 0 Å². The van der Waals surface area contributed by atoms with Gasteiger partial charge in [-0.05, 0) is 51.0 Å². The minimum atomic E-state index is -3.76. The summed E-state index contributed by atoms with van der Waals surface area (Å²) in [5.41, 5.74) is 0.406. The Morgan fingerprint density at radius 2 is 1.67 bits per heavy atom. The van der Waals surface area contributed by atoms with E-state index in [1.807, 2.05) is 0 Å². The molecule has 2 aromatic rings. The SMILES string of the molecule is CC(=O)c1ccc(S(=O)(=O)N2CCC(C(=O)OC(C)C(=O)Nc3ccccc3F)CC2)cc1. The normalized spacial score (nSPS) is 16.1. The van der Waals surface area contributed by atoms with E-state index in [0.29, 0.717) is 5.56 Å². The number of anilines is 1. The Balaban J connectivity index is 1.54. The fourth-order valence-corrected chi connectivity index (χ4v) is 4.93. The molecule has 0 saturated carbocycles. The topological polar surface area (TPSA) is 110 Å². The number of benzene rings is 2. The molecule has 1 atom stereocenters. The van der Waals surface area contributed by atoms with Gasteiger partial charge in [0.15, 0.2) is 11.9 Å². The van der Waals surface area contributed by atoms with Gasteiger partial charge in [0.2, 0.25) is 10.0 Å². The highest BCUT2D eigenvalue weighted by Gasteiger charge is 2.34. The number of piperidine rings is 1. The number of para-hydroxylation sites is 1. The van der Waals surface area contributed by atoms with E-state index in [1.54, 1.807) is 6.07 Å². The lowest BCUT2D eigenvalue weighted by Crippen LogP contribution is -2.41. The largest absolute Gasteiger partial charge is 0.452 e. The van der Waals surface area contributed by atoms with Gasteiger partial charge >= 0.3 is 5.97 Å². The number of Topliss-reactive ketones (excluding diaryl/α,β-unsaturated/α-hetero) is 1. The number of carbonyl (C=O) groups excluding carboxylic acids is 3. The van der Waals surface area contributed by atoms with Crippen LogP contribution >= 0.6 is 0 Å². The van der Waals surface area contributed by atoms with E-state index in [1.165, 1.54) is 60.6 Å². The van der Waals surface area contributed by atoms with Gasteiger partial charge in [-0.15, -0.1) is 0 Å². The summed E-state index contributed by atoms with van der Waals surface area (Å²) in [5, 5.41) is 2.37. The van der Waals surface area contributed by atoms with Crippen LogP contribution in [0.4, 0.5) is 10.1 Å². The number of amides is 1. The third-order valence-corrected chi connectivity index (χ3v) is 7.39. The number of ether oxygens (including phenoxy) is 1. The number of hydrogen-bond donors (Lipinski definition) is 1. The monoisotopic (exact) mass is 476 g/mol. The molecule has 1 N–H and O–H groups in total. The molecule has 1 aliphatic heterocycles. The molecule has 2 aromatic carbocycles. The van der Waals surface area contributed by atoms with Gasteiger partial charge in [0, 0.05) is 18.7 Å². The average Bonchev–Trinajstić information content (AvgIpc) is 2.80. The minimum Gasteiger partial charge on any atom is -0.452 e. The van der Waals surface area contributed by atoms with E-state index in [4.69, 9.17) is 4.74 Å². The zero-order valence-corrected chi connectivity index (χ0v) is 19.1. The van der Waals surface area contributed by atoms with E-state index in [2.05, 4.69) is 5.32 Å². The van der Waals surface area contributed by atoms with Gasteiger partial charge in [0.1, 0.15) is 5.82 Å². The Labute approximate surface area is 191 Å². The van der Waals surface area contributed by atoms with E-state index < -0.39 is 39.7 Å². The summed E-state index contributed by atoms with van der Waals surface area (Å²) in [6.07, 6.45) is -0.658. The quantitative estimate of drug-likeness (QED) is 0.486. The molecule has 1 fully saturated rings. The first-order valence-electron chi connectivity index (χ1n) is 10.5. The maximum absolute atomic E-state index is 13.7. The predicted molar refractivity (Wildman–Crippen MR) is 119 cm³/mol. The summed E-state index contributed by atoms with van der Waals surface area (Å²) in [6, 6.07) is 11.4. The summed E-state index contributed by atoms with van der Waals surface area (Å²) < 4.78 is 45.9. The Kier molecular flexibility index (Phi) is 7.60. The molecule has 33 heavy (non-hydrogen) atoms. The lowest BCUT2D eigenvalue weighted by atomic mass is 9.98. The van der Waals surface area contributed by atoms with Crippen molar-refractivity contribution in [2.45, 2.75) is 37.7 Å². The van der Waals surface area contributed by atoms with E-state index in [9.17, 15) is 27.2 Å². The molecule has 1 aliphatic rings. The van der Waals surface area contributed by atoms with Crippen LogP contribution in [0.3, 0.4) is 0 Å². The molecule has 8 nitrogen and oxygen atoms in total. The summed E-state index contributed by atoms with van der Waals surface area (Å²) >= 11 is 0. The standard InChI is InChI=1S/C23H25FN2O6S/c1-15(27)17-7-9-19(10-8-17)33(30,31)26-13-11-18(12-14-26)23(29)32-16(2)22(28)25-21-6-4-3-5-20(21)24/h3-10,16,18H,11-14H2,1-2H3,(H,25,28). The van der Waals surface area contributed by atoms with Crippen molar-refractivity contribution in [1.82, 2.24) is 4.31 Å². The molecular formula is C23H25FN2O6S. The highest BCUT2D eigenvalue weighted by molar-refractivity contribution is 7.89. The molecule has 3 rings (SSSR count). The fraction of sp³-hybridized carbons (Fsp3) is 0.348. The first-order chi connectivity index (χ1) is 15.6. The number of ketones is 1. The molecule has 0 spiro atoms. The number of nitrogens with zero attached hydrogens (tertiary/aromatic N) is 1. The second-order valence-corrected chi connectivity index (χ2v) is 9.75. The van der Waals surface area contributed by atoms with Gasteiger partial charge in [-0.25, -0.2) is 12.8 Å². The Morgan fingerprint density at radius 1 is 1.06 bits per heavy atom. The van der Waals surface area contributed by atoms with Crippen molar-refractivity contribution in [2.24, 2.45) is 5.92 Å². The molecule has 0 aliphatic carbocycles. The number of nitrogens with one attached hydrogen (secondary N) is 1. The second-order valence-electron chi connectivity index (χ2n) is 7.81. The van der Waals surface area contributed by atoms with E-state index in [0.717, 1.165) is 0 Å². The number of carbonyl (C=O) groups is 3. The number of hydrogen-bond acceptors (Lipinski definition) is 6. The van der Waals surface area contributed by atoms with Crippen LogP contribution < -0.4 is 5.32 Å². The smallest absolute Gasteiger partial charge is 0.309 e. The minimum absolute atomic E-state index is 0.0137. The van der Waals surface area contributed by atoms with Crippen molar-refractivity contribution in [3.8, 4) is 0 Å². The molecule has 1 amide bonds. The molecule has 0 aromatic heterocycles. The number of esters is 1. The van der Waals surface area contributed by atoms with Gasteiger partial charge in [-0.3, -0.25) is 14.4 Å². The Bertz CT molecular complexity index is 1140. The van der Waals surface area contributed by atoms with Crippen LogP contribution in [0.1, 0.15) is 37.0 Å². The van der Waals surface area contributed by atoms with Crippen molar-refractivity contribution in [2.75, 3.05) is 18.4 Å². The molecule has 1 heterocycles. The zero-order valence-electron chi connectivity index (χ0n) is 18.3. The van der Waals surface area contributed by atoms with Crippen LogP contribution in [0, 0.1) is 11.7 Å². The highest BCUT2D eigenvalue weighted by atomic mass is 32.2. The lowest BCUT2D eigenvalue weighted by Gasteiger charge is -2.30. The van der Waals surface area contributed by atoms with Gasteiger partial charge in [0.05, 0.1) is 16.5 Å². The Morgan fingerprint density at radius 3 is 2.24 bits per heavy atom. The summed E-state index contributed by atoms with van der Waals surface area (Å²) in [6.45, 7) is 3.02. The first-order valence-corrected chi connectivity index (χ1v) is 11.9. The van der Waals surface area contributed by atoms with E-state index >= 15 is 0 Å². The molecule has 1 saturated heterocycles. The molecule has 10 heteroatoms. The third kappa shape index (κ3) is 5.82. The molecule has 0 radical (unpaired) electrons. The number of sulfonamides is 1. The van der Waals surface area contributed by atoms with Crippen LogP contribution in [0.2, 0.25) is 0 Å².